The van der Waals surface area contributed by atoms with Gasteiger partial charge in [-0.15, -0.1) is 0 Å². The second-order valence-electron chi connectivity index (χ2n) is 9.36. The molecule has 128 valence electrons. The maximum Gasteiger partial charge on any atom is 0.169 e. The number of carbonyl (C=O) groups is 1. The van der Waals surface area contributed by atoms with Crippen molar-refractivity contribution in [3.63, 3.8) is 0 Å². The van der Waals surface area contributed by atoms with Crippen molar-refractivity contribution in [3.8, 4) is 0 Å². The van der Waals surface area contributed by atoms with Gasteiger partial charge < -0.3 is 4.90 Å². The Morgan fingerprint density at radius 3 is 2.46 bits per heavy atom. The van der Waals surface area contributed by atoms with E-state index in [9.17, 15) is 4.79 Å². The number of rotatable bonds is 1. The van der Waals surface area contributed by atoms with Gasteiger partial charge >= 0.3 is 0 Å². The lowest BCUT2D eigenvalue weighted by Gasteiger charge is -2.49. The first-order chi connectivity index (χ1) is 11.5. The third-order valence-electron chi connectivity index (χ3n) is 8.27. The van der Waals surface area contributed by atoms with Gasteiger partial charge in [-0.1, -0.05) is 44.5 Å². The molecule has 0 amide bonds. The second kappa shape index (κ2) is 4.94. The topological polar surface area (TPSA) is 20.3 Å². The first-order valence-corrected chi connectivity index (χ1v) is 9.91. The molecule has 0 radical (unpaired) electrons. The molecule has 3 fully saturated rings. The van der Waals surface area contributed by atoms with E-state index in [1.165, 1.54) is 44.3 Å². The number of piperidine rings is 1. The summed E-state index contributed by atoms with van der Waals surface area (Å²) in [6.45, 7) is 6.75. The van der Waals surface area contributed by atoms with Gasteiger partial charge in [0.05, 0.1) is 0 Å². The summed E-state index contributed by atoms with van der Waals surface area (Å²) in [5.74, 6) is 2.35. The summed E-state index contributed by atoms with van der Waals surface area (Å²) in [4.78, 5) is 15.8. The number of fused-ring (bicyclic) bond motifs is 4. The molecule has 1 saturated heterocycles. The van der Waals surface area contributed by atoms with Crippen LogP contribution < -0.4 is 0 Å². The van der Waals surface area contributed by atoms with Gasteiger partial charge in [-0.3, -0.25) is 4.79 Å². The molecule has 2 heteroatoms. The smallest absolute Gasteiger partial charge is 0.169 e. The zero-order valence-electron chi connectivity index (χ0n) is 15.1. The fourth-order valence-electron chi connectivity index (χ4n) is 6.78. The Hall–Kier alpha value is -1.15. The molecule has 1 aliphatic heterocycles. The van der Waals surface area contributed by atoms with Crippen molar-refractivity contribution in [3.05, 3.63) is 35.4 Å². The SMILES string of the molecule is CC1(C)C(=O)c2ccccc2C12CCN([C@H]1C[C@@H]3CC[C@@H]1C3)CC2. The van der Waals surface area contributed by atoms with Gasteiger partial charge in [0.25, 0.3) is 0 Å². The van der Waals surface area contributed by atoms with Gasteiger partial charge in [0.2, 0.25) is 0 Å². The number of hydrogen-bond donors (Lipinski definition) is 0. The van der Waals surface area contributed by atoms with Crippen LogP contribution in [0.5, 0.6) is 0 Å². The van der Waals surface area contributed by atoms with E-state index in [4.69, 9.17) is 0 Å². The molecule has 0 aromatic heterocycles. The predicted octanol–water partition coefficient (Wildman–Crippen LogP) is 4.43. The number of carbonyl (C=O) groups excluding carboxylic acids is 1. The highest BCUT2D eigenvalue weighted by Gasteiger charge is 2.58. The Morgan fingerprint density at radius 1 is 1.04 bits per heavy atom. The third-order valence-corrected chi connectivity index (χ3v) is 8.27. The van der Waals surface area contributed by atoms with Crippen LogP contribution in [0.25, 0.3) is 0 Å². The summed E-state index contributed by atoms with van der Waals surface area (Å²) in [6.07, 6.45) is 8.17. The maximum absolute atomic E-state index is 13.0. The van der Waals surface area contributed by atoms with Gasteiger partial charge in [0.15, 0.2) is 5.78 Å². The summed E-state index contributed by atoms with van der Waals surface area (Å²) < 4.78 is 0. The van der Waals surface area contributed by atoms with E-state index in [1.807, 2.05) is 6.07 Å². The minimum Gasteiger partial charge on any atom is -0.300 e. The van der Waals surface area contributed by atoms with Crippen molar-refractivity contribution in [2.75, 3.05) is 13.1 Å². The van der Waals surface area contributed by atoms with E-state index in [2.05, 4.69) is 36.9 Å². The number of likely N-dealkylation sites (tertiary alicyclic amines) is 1. The molecule has 0 N–H and O–H groups in total. The molecule has 4 aliphatic rings. The van der Waals surface area contributed by atoms with Crippen molar-refractivity contribution in [1.82, 2.24) is 4.90 Å². The number of hydrogen-bond acceptors (Lipinski definition) is 2. The van der Waals surface area contributed by atoms with Crippen molar-refractivity contribution >= 4 is 5.78 Å². The lowest BCUT2D eigenvalue weighted by Crippen LogP contribution is -2.53. The second-order valence-corrected chi connectivity index (χ2v) is 9.36. The Labute approximate surface area is 145 Å². The van der Waals surface area contributed by atoms with Crippen LogP contribution in [-0.2, 0) is 5.41 Å². The minimum atomic E-state index is -0.253. The fraction of sp³-hybridized carbons (Fsp3) is 0.682. The van der Waals surface area contributed by atoms with E-state index in [0.717, 1.165) is 36.3 Å². The number of nitrogens with zero attached hydrogens (tertiary/aromatic N) is 1. The summed E-state index contributed by atoms with van der Waals surface area (Å²) in [7, 11) is 0. The van der Waals surface area contributed by atoms with Gasteiger partial charge in [-0.25, -0.2) is 0 Å². The van der Waals surface area contributed by atoms with Crippen LogP contribution in [0.2, 0.25) is 0 Å². The van der Waals surface area contributed by atoms with E-state index in [-0.39, 0.29) is 10.8 Å². The maximum atomic E-state index is 13.0. The van der Waals surface area contributed by atoms with Crippen LogP contribution in [-0.4, -0.2) is 29.8 Å². The van der Waals surface area contributed by atoms with E-state index in [0.29, 0.717) is 5.78 Å². The zero-order valence-corrected chi connectivity index (χ0v) is 15.1. The summed E-state index contributed by atoms with van der Waals surface area (Å²) in [5, 5.41) is 0. The molecule has 3 atom stereocenters. The predicted molar refractivity (Wildman–Crippen MR) is 96.3 cm³/mol. The summed E-state index contributed by atoms with van der Waals surface area (Å²) in [6, 6.07) is 9.27. The molecule has 0 unspecified atom stereocenters. The molecular formula is C22H29NO. The zero-order chi connectivity index (χ0) is 16.5. The number of ketones is 1. The van der Waals surface area contributed by atoms with Gasteiger partial charge in [0, 0.05) is 22.4 Å². The van der Waals surface area contributed by atoms with Crippen LogP contribution >= 0.6 is 0 Å². The van der Waals surface area contributed by atoms with Crippen LogP contribution in [0.15, 0.2) is 24.3 Å². The fourth-order valence-corrected chi connectivity index (χ4v) is 6.78. The normalized spacial score (nSPS) is 36.4. The van der Waals surface area contributed by atoms with E-state index in [1.54, 1.807) is 0 Å². The van der Waals surface area contributed by atoms with Crippen LogP contribution in [0, 0.1) is 17.3 Å². The highest BCUT2D eigenvalue weighted by atomic mass is 16.1. The average molecular weight is 323 g/mol. The van der Waals surface area contributed by atoms with Crippen molar-refractivity contribution < 1.29 is 4.79 Å². The molecule has 1 spiro atoms. The first-order valence-electron chi connectivity index (χ1n) is 9.91. The van der Waals surface area contributed by atoms with Gasteiger partial charge in [0.1, 0.15) is 0 Å². The Balaban J connectivity index is 1.43. The molecule has 2 saturated carbocycles. The molecule has 1 heterocycles. The highest BCUT2D eigenvalue weighted by molar-refractivity contribution is 6.06. The van der Waals surface area contributed by atoms with Gasteiger partial charge in [-0.2, -0.15) is 0 Å². The molecule has 24 heavy (non-hydrogen) atoms. The van der Waals surface area contributed by atoms with Gasteiger partial charge in [-0.05, 0) is 62.6 Å². The monoisotopic (exact) mass is 323 g/mol. The molecular weight excluding hydrogens is 294 g/mol. The largest absolute Gasteiger partial charge is 0.300 e. The van der Waals surface area contributed by atoms with E-state index < -0.39 is 0 Å². The highest BCUT2D eigenvalue weighted by Crippen LogP contribution is 2.57. The summed E-state index contributed by atoms with van der Waals surface area (Å²) >= 11 is 0. The Morgan fingerprint density at radius 2 is 1.79 bits per heavy atom. The lowest BCUT2D eigenvalue weighted by molar-refractivity contribution is 0.0356. The van der Waals surface area contributed by atoms with Crippen LogP contribution in [0.4, 0.5) is 0 Å². The Kier molecular flexibility index (Phi) is 3.11. The quantitative estimate of drug-likeness (QED) is 0.762. The van der Waals surface area contributed by atoms with Crippen LogP contribution in [0.3, 0.4) is 0 Å². The third kappa shape index (κ3) is 1.78. The molecule has 1 aromatic carbocycles. The average Bonchev–Trinajstić information content (AvgIpc) is 3.27. The first kappa shape index (κ1) is 15.1. The van der Waals surface area contributed by atoms with Crippen molar-refractivity contribution in [2.24, 2.45) is 17.3 Å². The van der Waals surface area contributed by atoms with Crippen LogP contribution in [0.1, 0.15) is 68.3 Å². The standard InChI is InChI=1S/C22H29NO/c1-21(2)20(24)17-5-3-4-6-18(17)22(21)9-11-23(12-10-22)19-14-15-7-8-16(19)13-15/h3-6,15-16,19H,7-14H2,1-2H3/t15-,16-,19+/m1/s1. The van der Waals surface area contributed by atoms with Crippen molar-refractivity contribution in [2.45, 2.75) is 63.8 Å². The lowest BCUT2D eigenvalue weighted by atomic mass is 9.60. The minimum absolute atomic E-state index is 0.0643. The molecule has 2 nitrogen and oxygen atoms in total. The number of benzene rings is 1. The van der Waals surface area contributed by atoms with E-state index >= 15 is 0 Å². The summed E-state index contributed by atoms with van der Waals surface area (Å²) in [5.41, 5.74) is 2.15. The van der Waals surface area contributed by atoms with Crippen molar-refractivity contribution in [1.29, 1.82) is 0 Å². The number of Topliss-reactive ketones (excluding diaryl/α,β-unsaturated/α-hetero) is 1. The molecule has 3 aliphatic carbocycles. The Bertz CT molecular complexity index is 683. The molecule has 2 bridgehead atoms. The molecule has 1 aromatic rings. The molecule has 5 rings (SSSR count).